The van der Waals surface area contributed by atoms with E-state index in [0.717, 1.165) is 29.1 Å². The molecule has 0 saturated heterocycles. The Morgan fingerprint density at radius 1 is 1.45 bits per heavy atom. The Bertz CT molecular complexity index is 759. The SMILES string of the molecule is Cc1scc(C(=O)NCc2cc(=O)[nH]c(C3CCC3)n2)c1C. The molecular weight excluding hydrogens is 298 g/mol. The van der Waals surface area contributed by atoms with Crippen LogP contribution in [0, 0.1) is 13.8 Å². The zero-order chi connectivity index (χ0) is 15.7. The maximum atomic E-state index is 12.2. The van der Waals surface area contributed by atoms with Crippen molar-refractivity contribution in [2.75, 3.05) is 0 Å². The van der Waals surface area contributed by atoms with E-state index in [4.69, 9.17) is 0 Å². The van der Waals surface area contributed by atoms with E-state index in [2.05, 4.69) is 15.3 Å². The van der Waals surface area contributed by atoms with Gasteiger partial charge in [0.15, 0.2) is 0 Å². The van der Waals surface area contributed by atoms with E-state index in [0.29, 0.717) is 17.2 Å². The van der Waals surface area contributed by atoms with Gasteiger partial charge < -0.3 is 10.3 Å². The number of nitrogens with one attached hydrogen (secondary N) is 2. The van der Waals surface area contributed by atoms with Crippen molar-refractivity contribution >= 4 is 17.2 Å². The first-order chi connectivity index (χ1) is 10.5. The molecule has 6 heteroatoms. The normalized spacial score (nSPS) is 14.6. The molecule has 22 heavy (non-hydrogen) atoms. The zero-order valence-electron chi connectivity index (χ0n) is 12.7. The van der Waals surface area contributed by atoms with Crippen LogP contribution in [-0.4, -0.2) is 15.9 Å². The highest BCUT2D eigenvalue weighted by atomic mass is 32.1. The highest BCUT2D eigenvalue weighted by Gasteiger charge is 2.22. The van der Waals surface area contributed by atoms with Gasteiger partial charge in [-0.25, -0.2) is 4.98 Å². The third kappa shape index (κ3) is 2.97. The summed E-state index contributed by atoms with van der Waals surface area (Å²) in [6.07, 6.45) is 3.34. The second-order valence-corrected chi connectivity index (χ2v) is 6.85. The lowest BCUT2D eigenvalue weighted by atomic mass is 9.85. The maximum Gasteiger partial charge on any atom is 0.252 e. The molecule has 0 aromatic carbocycles. The Balaban J connectivity index is 1.71. The highest BCUT2D eigenvalue weighted by molar-refractivity contribution is 7.10. The number of H-pyrrole nitrogens is 1. The standard InChI is InChI=1S/C16H19N3O2S/c1-9-10(2)22-8-13(9)16(21)17-7-12-6-14(20)19-15(18-12)11-4-3-5-11/h6,8,11H,3-5,7H2,1-2H3,(H,17,21)(H,18,19,20). The summed E-state index contributed by atoms with van der Waals surface area (Å²) in [5, 5.41) is 4.72. The number of hydrogen-bond acceptors (Lipinski definition) is 4. The average molecular weight is 317 g/mol. The third-order valence-corrected chi connectivity index (χ3v) is 5.28. The van der Waals surface area contributed by atoms with Gasteiger partial charge >= 0.3 is 0 Å². The summed E-state index contributed by atoms with van der Waals surface area (Å²) in [5.41, 5.74) is 2.18. The van der Waals surface area contributed by atoms with E-state index >= 15 is 0 Å². The molecule has 1 fully saturated rings. The molecule has 1 saturated carbocycles. The lowest BCUT2D eigenvalue weighted by molar-refractivity contribution is 0.0950. The molecule has 1 aliphatic rings. The van der Waals surface area contributed by atoms with Crippen LogP contribution >= 0.6 is 11.3 Å². The Morgan fingerprint density at radius 3 is 2.82 bits per heavy atom. The van der Waals surface area contributed by atoms with E-state index in [9.17, 15) is 9.59 Å². The van der Waals surface area contributed by atoms with E-state index in [1.165, 1.54) is 12.5 Å². The third-order valence-electron chi connectivity index (χ3n) is 4.27. The van der Waals surface area contributed by atoms with Gasteiger partial charge in [-0.2, -0.15) is 0 Å². The summed E-state index contributed by atoms with van der Waals surface area (Å²) in [6.45, 7) is 4.22. The molecule has 5 nitrogen and oxygen atoms in total. The molecule has 2 aromatic heterocycles. The van der Waals surface area contributed by atoms with Crippen LogP contribution in [0.25, 0.3) is 0 Å². The number of thiophene rings is 1. The summed E-state index contributed by atoms with van der Waals surface area (Å²) in [6, 6.07) is 1.45. The highest BCUT2D eigenvalue weighted by Crippen LogP contribution is 2.33. The van der Waals surface area contributed by atoms with Crippen molar-refractivity contribution < 1.29 is 4.79 Å². The first-order valence-electron chi connectivity index (χ1n) is 7.47. The molecule has 0 radical (unpaired) electrons. The Morgan fingerprint density at radius 2 is 2.23 bits per heavy atom. The molecule has 3 rings (SSSR count). The molecule has 2 aromatic rings. The fraction of sp³-hybridized carbons (Fsp3) is 0.438. The van der Waals surface area contributed by atoms with Gasteiger partial charge in [-0.3, -0.25) is 9.59 Å². The maximum absolute atomic E-state index is 12.2. The van der Waals surface area contributed by atoms with Crippen molar-refractivity contribution in [3.8, 4) is 0 Å². The van der Waals surface area contributed by atoms with E-state index in [-0.39, 0.29) is 18.0 Å². The van der Waals surface area contributed by atoms with Gasteiger partial charge in [0, 0.05) is 22.2 Å². The molecular formula is C16H19N3O2S. The number of aromatic amines is 1. The minimum atomic E-state index is -0.149. The summed E-state index contributed by atoms with van der Waals surface area (Å²) in [5.74, 6) is 1.00. The fourth-order valence-electron chi connectivity index (χ4n) is 2.50. The van der Waals surface area contributed by atoms with E-state index in [1.807, 2.05) is 19.2 Å². The number of carbonyl (C=O) groups is 1. The molecule has 0 unspecified atom stereocenters. The van der Waals surface area contributed by atoms with Gasteiger partial charge in [-0.15, -0.1) is 11.3 Å². The molecule has 0 bridgehead atoms. The van der Waals surface area contributed by atoms with Crippen LogP contribution in [0.4, 0.5) is 0 Å². The van der Waals surface area contributed by atoms with Crippen molar-refractivity contribution in [2.24, 2.45) is 0 Å². The lowest BCUT2D eigenvalue weighted by Gasteiger charge is -2.24. The number of aryl methyl sites for hydroxylation is 1. The summed E-state index contributed by atoms with van der Waals surface area (Å²) < 4.78 is 0. The number of rotatable bonds is 4. The van der Waals surface area contributed by atoms with Crippen LogP contribution in [0.5, 0.6) is 0 Å². The van der Waals surface area contributed by atoms with E-state index in [1.54, 1.807) is 11.3 Å². The molecule has 116 valence electrons. The molecule has 2 N–H and O–H groups in total. The molecule has 0 aliphatic heterocycles. The number of amides is 1. The second kappa shape index (κ2) is 6.04. The topological polar surface area (TPSA) is 74.8 Å². The minimum Gasteiger partial charge on any atom is -0.346 e. The van der Waals surface area contributed by atoms with Gasteiger partial charge in [0.1, 0.15) is 5.82 Å². The van der Waals surface area contributed by atoms with Crippen molar-refractivity contribution in [1.29, 1.82) is 0 Å². The van der Waals surface area contributed by atoms with Crippen LogP contribution in [0.15, 0.2) is 16.2 Å². The van der Waals surface area contributed by atoms with Crippen LogP contribution in [-0.2, 0) is 6.54 Å². The van der Waals surface area contributed by atoms with Crippen LogP contribution in [0.2, 0.25) is 0 Å². The van der Waals surface area contributed by atoms with Crippen LogP contribution in [0.1, 0.15) is 57.5 Å². The monoisotopic (exact) mass is 317 g/mol. The Labute approximate surface area is 132 Å². The minimum absolute atomic E-state index is 0.117. The number of carbonyl (C=O) groups excluding carboxylic acids is 1. The molecule has 0 spiro atoms. The van der Waals surface area contributed by atoms with Gasteiger partial charge in [-0.05, 0) is 32.3 Å². The first-order valence-corrected chi connectivity index (χ1v) is 8.35. The predicted octanol–water partition coefficient (Wildman–Crippen LogP) is 2.65. The number of nitrogens with zero attached hydrogens (tertiary/aromatic N) is 1. The summed E-state index contributed by atoms with van der Waals surface area (Å²) >= 11 is 1.57. The molecule has 1 amide bonds. The van der Waals surface area contributed by atoms with E-state index < -0.39 is 0 Å². The van der Waals surface area contributed by atoms with Gasteiger partial charge in [0.2, 0.25) is 0 Å². The van der Waals surface area contributed by atoms with Gasteiger partial charge in [0.25, 0.3) is 11.5 Å². The summed E-state index contributed by atoms with van der Waals surface area (Å²) in [7, 11) is 0. The first kappa shape index (κ1) is 15.0. The van der Waals surface area contributed by atoms with Crippen molar-refractivity contribution in [2.45, 2.75) is 45.6 Å². The Hall–Kier alpha value is -1.95. The molecule has 2 heterocycles. The largest absolute Gasteiger partial charge is 0.346 e. The van der Waals surface area contributed by atoms with Crippen LogP contribution < -0.4 is 10.9 Å². The van der Waals surface area contributed by atoms with Crippen LogP contribution in [0.3, 0.4) is 0 Å². The van der Waals surface area contributed by atoms with Crippen molar-refractivity contribution in [3.63, 3.8) is 0 Å². The average Bonchev–Trinajstić information content (AvgIpc) is 2.74. The van der Waals surface area contributed by atoms with Gasteiger partial charge in [-0.1, -0.05) is 6.42 Å². The molecule has 0 atom stereocenters. The second-order valence-electron chi connectivity index (χ2n) is 5.76. The van der Waals surface area contributed by atoms with Gasteiger partial charge in [0.05, 0.1) is 17.8 Å². The van der Waals surface area contributed by atoms with Crippen molar-refractivity contribution in [3.05, 3.63) is 49.3 Å². The van der Waals surface area contributed by atoms with Crippen molar-refractivity contribution in [1.82, 2.24) is 15.3 Å². The predicted molar refractivity (Wildman–Crippen MR) is 86.4 cm³/mol. The summed E-state index contributed by atoms with van der Waals surface area (Å²) in [4.78, 5) is 32.4. The molecule has 1 aliphatic carbocycles. The lowest BCUT2D eigenvalue weighted by Crippen LogP contribution is -2.26. The number of aromatic nitrogens is 2. The Kier molecular flexibility index (Phi) is 4.11. The smallest absolute Gasteiger partial charge is 0.252 e. The fourth-order valence-corrected chi connectivity index (χ4v) is 3.36. The quantitative estimate of drug-likeness (QED) is 0.910. The number of hydrogen-bond donors (Lipinski definition) is 2. The zero-order valence-corrected chi connectivity index (χ0v) is 13.5.